The predicted octanol–water partition coefficient (Wildman–Crippen LogP) is 4.49. The van der Waals surface area contributed by atoms with Gasteiger partial charge >= 0.3 is 7.75 Å². The summed E-state index contributed by atoms with van der Waals surface area (Å²) in [6, 6.07) is 16.1. The molecular weight excluding hydrogens is 395 g/mol. The minimum Gasteiger partial charge on any atom is -0.308 e. The molecule has 146 valence electrons. The van der Waals surface area contributed by atoms with E-state index in [2.05, 4.69) is 6.07 Å². The van der Waals surface area contributed by atoms with Crippen molar-refractivity contribution in [2.75, 3.05) is 13.2 Å². The summed E-state index contributed by atoms with van der Waals surface area (Å²) in [5.41, 5.74) is 3.11. The summed E-state index contributed by atoms with van der Waals surface area (Å²) in [5, 5.41) is 0.945. The average molecular weight is 416 g/mol. The van der Waals surface area contributed by atoms with Crippen LogP contribution in [0, 0.1) is 5.92 Å². The molecule has 0 saturated carbocycles. The van der Waals surface area contributed by atoms with Gasteiger partial charge in [-0.3, -0.25) is 9.32 Å². The Hall–Kier alpha value is -2.05. The molecule has 0 bridgehead atoms. The van der Waals surface area contributed by atoms with Gasteiger partial charge in [0.2, 0.25) is 5.91 Å². The average Bonchev–Trinajstić information content (AvgIpc) is 3.26. The standard InChI is InChI=1S/C20H21N2O4PS/c1-2-26-27(24,25)22-13-14(12-19(22)23)11-15-7-3-4-8-16(15)20-21-17-9-5-6-10-18(17)28-20/h3-10,14H,2,11-13H2,1H3,(H,24,25). The Morgan fingerprint density at radius 2 is 2.00 bits per heavy atom. The molecule has 6 nitrogen and oxygen atoms in total. The van der Waals surface area contributed by atoms with E-state index in [0.717, 1.165) is 31.0 Å². The Morgan fingerprint density at radius 3 is 2.79 bits per heavy atom. The summed E-state index contributed by atoms with van der Waals surface area (Å²) in [6.07, 6.45) is 0.881. The van der Waals surface area contributed by atoms with Gasteiger partial charge in [0.15, 0.2) is 0 Å². The van der Waals surface area contributed by atoms with Crippen LogP contribution < -0.4 is 0 Å². The highest BCUT2D eigenvalue weighted by atomic mass is 32.1. The van der Waals surface area contributed by atoms with Crippen LogP contribution >= 0.6 is 19.1 Å². The number of nitrogens with zero attached hydrogens (tertiary/aromatic N) is 2. The van der Waals surface area contributed by atoms with E-state index in [0.29, 0.717) is 6.42 Å². The summed E-state index contributed by atoms with van der Waals surface area (Å²) in [5.74, 6) is -0.370. The van der Waals surface area contributed by atoms with Crippen molar-refractivity contribution in [2.45, 2.75) is 19.8 Å². The van der Waals surface area contributed by atoms with Gasteiger partial charge in [-0.2, -0.15) is 0 Å². The van der Waals surface area contributed by atoms with Crippen molar-refractivity contribution in [2.24, 2.45) is 5.92 Å². The fraction of sp³-hybridized carbons (Fsp3) is 0.300. The van der Waals surface area contributed by atoms with Crippen LogP contribution in [-0.2, 0) is 20.3 Å². The van der Waals surface area contributed by atoms with Gasteiger partial charge in [-0.15, -0.1) is 11.3 Å². The molecule has 1 fully saturated rings. The third-order valence-electron chi connectivity index (χ3n) is 4.83. The van der Waals surface area contributed by atoms with Gasteiger partial charge in [0.05, 0.1) is 16.8 Å². The minimum absolute atomic E-state index is 0.0380. The second-order valence-electron chi connectivity index (χ2n) is 6.80. The van der Waals surface area contributed by atoms with Gasteiger partial charge in [-0.25, -0.2) is 14.2 Å². The molecule has 0 radical (unpaired) electrons. The third kappa shape index (κ3) is 3.76. The van der Waals surface area contributed by atoms with Crippen LogP contribution in [0.5, 0.6) is 0 Å². The maximum Gasteiger partial charge on any atom is 0.434 e. The number of rotatable bonds is 6. The molecular formula is C20H21N2O4PS. The molecule has 1 aliphatic rings. The molecule has 28 heavy (non-hydrogen) atoms. The molecule has 4 rings (SSSR count). The Morgan fingerprint density at radius 1 is 1.25 bits per heavy atom. The molecule has 1 aliphatic heterocycles. The van der Waals surface area contributed by atoms with Crippen LogP contribution in [0.15, 0.2) is 48.5 Å². The maximum atomic E-state index is 12.3. The lowest BCUT2D eigenvalue weighted by Crippen LogP contribution is -2.23. The molecule has 2 unspecified atom stereocenters. The number of thiazole rings is 1. The first-order chi connectivity index (χ1) is 13.5. The van der Waals surface area contributed by atoms with Crippen LogP contribution in [0.1, 0.15) is 18.9 Å². The molecule has 1 amide bonds. The maximum absolute atomic E-state index is 12.3. The highest BCUT2D eigenvalue weighted by molar-refractivity contribution is 7.51. The number of amides is 1. The molecule has 2 aromatic carbocycles. The van der Waals surface area contributed by atoms with Crippen molar-refractivity contribution in [1.29, 1.82) is 0 Å². The highest BCUT2D eigenvalue weighted by Gasteiger charge is 2.41. The van der Waals surface area contributed by atoms with Crippen molar-refractivity contribution in [3.8, 4) is 10.6 Å². The number of aromatic nitrogens is 1. The van der Waals surface area contributed by atoms with Gasteiger partial charge < -0.3 is 4.89 Å². The monoisotopic (exact) mass is 416 g/mol. The molecule has 3 aromatic rings. The minimum atomic E-state index is -4.05. The number of hydrogen-bond acceptors (Lipinski definition) is 5. The molecule has 0 aliphatic carbocycles. The van der Waals surface area contributed by atoms with E-state index in [1.54, 1.807) is 18.3 Å². The van der Waals surface area contributed by atoms with Gasteiger partial charge in [0, 0.05) is 18.5 Å². The van der Waals surface area contributed by atoms with Crippen LogP contribution in [0.4, 0.5) is 0 Å². The zero-order chi connectivity index (χ0) is 19.7. The van der Waals surface area contributed by atoms with Gasteiger partial charge in [-0.1, -0.05) is 36.4 Å². The second kappa shape index (κ2) is 7.76. The quantitative estimate of drug-likeness (QED) is 0.599. The second-order valence-corrected chi connectivity index (χ2v) is 9.56. The predicted molar refractivity (Wildman–Crippen MR) is 110 cm³/mol. The van der Waals surface area contributed by atoms with Crippen LogP contribution in [0.25, 0.3) is 20.8 Å². The normalized spacial score (nSPS) is 19.3. The van der Waals surface area contributed by atoms with Crippen LogP contribution in [0.3, 0.4) is 0 Å². The van der Waals surface area contributed by atoms with E-state index >= 15 is 0 Å². The van der Waals surface area contributed by atoms with E-state index in [-0.39, 0.29) is 31.4 Å². The van der Waals surface area contributed by atoms with Gasteiger partial charge in [0.1, 0.15) is 5.01 Å². The van der Waals surface area contributed by atoms with Crippen molar-refractivity contribution in [3.05, 3.63) is 54.1 Å². The lowest BCUT2D eigenvalue weighted by Gasteiger charge is -2.21. The molecule has 1 saturated heterocycles. The summed E-state index contributed by atoms with van der Waals surface area (Å²) in [4.78, 5) is 27.0. The number of benzene rings is 2. The largest absolute Gasteiger partial charge is 0.434 e. The Balaban J connectivity index is 1.58. The fourth-order valence-corrected chi connectivity index (χ4v) is 5.89. The topological polar surface area (TPSA) is 79.7 Å². The van der Waals surface area contributed by atoms with Gasteiger partial charge in [0.25, 0.3) is 0 Å². The number of hydrogen-bond donors (Lipinski definition) is 1. The fourth-order valence-electron chi connectivity index (χ4n) is 3.59. The first-order valence-corrected chi connectivity index (χ1v) is 11.5. The summed E-state index contributed by atoms with van der Waals surface area (Å²) < 4.78 is 19.3. The number of carbonyl (C=O) groups is 1. The highest BCUT2D eigenvalue weighted by Crippen LogP contribution is 2.50. The molecule has 2 heterocycles. The smallest absolute Gasteiger partial charge is 0.308 e. The number of fused-ring (bicyclic) bond motifs is 1. The molecule has 1 aromatic heterocycles. The summed E-state index contributed by atoms with van der Waals surface area (Å²) in [6.45, 7) is 1.94. The van der Waals surface area contributed by atoms with Crippen molar-refractivity contribution in [3.63, 3.8) is 0 Å². The molecule has 2 atom stereocenters. The Bertz CT molecular complexity index is 1030. The van der Waals surface area contributed by atoms with Crippen LogP contribution in [0.2, 0.25) is 0 Å². The van der Waals surface area contributed by atoms with E-state index in [4.69, 9.17) is 9.51 Å². The molecule has 0 spiro atoms. The molecule has 8 heteroatoms. The number of carbonyl (C=O) groups excluding carboxylic acids is 1. The Kier molecular flexibility index (Phi) is 5.34. The Labute approximate surface area is 167 Å². The van der Waals surface area contributed by atoms with Crippen LogP contribution in [-0.4, -0.2) is 33.6 Å². The van der Waals surface area contributed by atoms with Gasteiger partial charge in [-0.05, 0) is 37.0 Å². The summed E-state index contributed by atoms with van der Waals surface area (Å²) >= 11 is 1.64. The lowest BCUT2D eigenvalue weighted by atomic mass is 9.95. The summed E-state index contributed by atoms with van der Waals surface area (Å²) in [7, 11) is -4.05. The van der Waals surface area contributed by atoms with E-state index in [1.165, 1.54) is 0 Å². The lowest BCUT2D eigenvalue weighted by molar-refractivity contribution is -0.124. The zero-order valence-corrected chi connectivity index (χ0v) is 17.2. The third-order valence-corrected chi connectivity index (χ3v) is 7.50. The first kappa shape index (κ1) is 19.3. The van der Waals surface area contributed by atoms with Crippen molar-refractivity contribution >= 4 is 35.2 Å². The van der Waals surface area contributed by atoms with Crippen molar-refractivity contribution in [1.82, 2.24) is 9.65 Å². The zero-order valence-electron chi connectivity index (χ0n) is 15.4. The first-order valence-electron chi connectivity index (χ1n) is 9.20. The van der Waals surface area contributed by atoms with Crippen molar-refractivity contribution < 1.29 is 18.8 Å². The van der Waals surface area contributed by atoms with E-state index in [9.17, 15) is 14.3 Å². The van der Waals surface area contributed by atoms with E-state index in [1.807, 2.05) is 42.5 Å². The SMILES string of the molecule is CCOP(=O)(O)N1CC(Cc2ccccc2-c2nc3ccccc3s2)CC1=O. The molecule has 1 N–H and O–H groups in total. The number of para-hydroxylation sites is 1. The van der Waals surface area contributed by atoms with E-state index < -0.39 is 7.75 Å².